The van der Waals surface area contributed by atoms with Crippen molar-refractivity contribution in [2.24, 2.45) is 22.7 Å². The third-order valence-corrected chi connectivity index (χ3v) is 6.40. The highest BCUT2D eigenvalue weighted by Gasteiger charge is 2.62. The summed E-state index contributed by atoms with van der Waals surface area (Å²) < 4.78 is 0. The third kappa shape index (κ3) is 1.68. The zero-order chi connectivity index (χ0) is 13.0. The van der Waals surface area contributed by atoms with Gasteiger partial charge in [0.15, 0.2) is 0 Å². The predicted octanol–water partition coefficient (Wildman–Crippen LogP) is 3.12. The Kier molecular flexibility index (Phi) is 2.84. The lowest BCUT2D eigenvalue weighted by Gasteiger charge is -2.65. The average molecular weight is 252 g/mol. The zero-order valence-corrected chi connectivity index (χ0v) is 11.9. The molecule has 3 atom stereocenters. The van der Waals surface area contributed by atoms with Crippen LogP contribution in [0.15, 0.2) is 0 Å². The van der Waals surface area contributed by atoms with Crippen LogP contribution in [0, 0.1) is 22.7 Å². The van der Waals surface area contributed by atoms with Crippen LogP contribution in [-0.2, 0) is 0 Å². The predicted molar refractivity (Wildman–Crippen MR) is 72.2 cm³/mol. The highest BCUT2D eigenvalue weighted by atomic mass is 16.3. The summed E-state index contributed by atoms with van der Waals surface area (Å²) in [7, 11) is 0. The van der Waals surface area contributed by atoms with Crippen molar-refractivity contribution >= 4 is 0 Å². The van der Waals surface area contributed by atoms with Crippen LogP contribution in [0.3, 0.4) is 0 Å². The molecule has 104 valence electrons. The van der Waals surface area contributed by atoms with Crippen LogP contribution < -0.4 is 0 Å². The first-order valence-corrected chi connectivity index (χ1v) is 7.77. The SMILES string of the molecule is CCCC(C)(O)C12CC3CC(CC(CO)(C3)C1)C2. The number of rotatable bonds is 4. The Morgan fingerprint density at radius 2 is 1.78 bits per heavy atom. The number of hydrogen-bond acceptors (Lipinski definition) is 2. The monoisotopic (exact) mass is 252 g/mol. The van der Waals surface area contributed by atoms with Crippen molar-refractivity contribution in [2.45, 2.75) is 70.8 Å². The molecule has 4 saturated carbocycles. The van der Waals surface area contributed by atoms with Crippen molar-refractivity contribution in [3.63, 3.8) is 0 Å². The lowest BCUT2D eigenvalue weighted by molar-refractivity contribution is -0.209. The fourth-order valence-electron chi connectivity index (χ4n) is 6.02. The van der Waals surface area contributed by atoms with Crippen molar-refractivity contribution in [1.82, 2.24) is 0 Å². The van der Waals surface area contributed by atoms with E-state index in [9.17, 15) is 10.2 Å². The van der Waals surface area contributed by atoms with E-state index in [0.29, 0.717) is 6.61 Å². The minimum Gasteiger partial charge on any atom is -0.396 e. The summed E-state index contributed by atoms with van der Waals surface area (Å²) in [5, 5.41) is 20.9. The van der Waals surface area contributed by atoms with E-state index < -0.39 is 5.60 Å². The topological polar surface area (TPSA) is 40.5 Å². The van der Waals surface area contributed by atoms with E-state index in [2.05, 4.69) is 13.8 Å². The van der Waals surface area contributed by atoms with E-state index in [4.69, 9.17) is 0 Å². The van der Waals surface area contributed by atoms with Gasteiger partial charge in [-0.1, -0.05) is 13.3 Å². The van der Waals surface area contributed by atoms with E-state index >= 15 is 0 Å². The third-order valence-electron chi connectivity index (χ3n) is 6.40. The second-order valence-electron chi connectivity index (χ2n) is 7.92. The van der Waals surface area contributed by atoms with E-state index in [1.54, 1.807) is 0 Å². The van der Waals surface area contributed by atoms with Crippen LogP contribution in [0.2, 0.25) is 0 Å². The van der Waals surface area contributed by atoms with Crippen LogP contribution in [0.5, 0.6) is 0 Å². The minimum absolute atomic E-state index is 0.107. The second kappa shape index (κ2) is 3.96. The summed E-state index contributed by atoms with van der Waals surface area (Å²) in [5.41, 5.74) is -0.266. The van der Waals surface area contributed by atoms with Gasteiger partial charge in [0.25, 0.3) is 0 Å². The largest absolute Gasteiger partial charge is 0.396 e. The summed E-state index contributed by atoms with van der Waals surface area (Å²) in [4.78, 5) is 0. The van der Waals surface area contributed by atoms with Gasteiger partial charge < -0.3 is 10.2 Å². The molecule has 0 saturated heterocycles. The maximum atomic E-state index is 11.0. The Morgan fingerprint density at radius 3 is 2.28 bits per heavy atom. The summed E-state index contributed by atoms with van der Waals surface area (Å²) in [6, 6.07) is 0. The fourth-order valence-corrected chi connectivity index (χ4v) is 6.02. The molecule has 4 rings (SSSR count). The van der Waals surface area contributed by atoms with Crippen molar-refractivity contribution < 1.29 is 10.2 Å². The van der Waals surface area contributed by atoms with Gasteiger partial charge in [-0.15, -0.1) is 0 Å². The van der Waals surface area contributed by atoms with E-state index in [1.807, 2.05) is 0 Å². The molecule has 2 nitrogen and oxygen atoms in total. The first kappa shape index (κ1) is 12.9. The van der Waals surface area contributed by atoms with Gasteiger partial charge in [-0.2, -0.15) is 0 Å². The van der Waals surface area contributed by atoms with Crippen LogP contribution in [0.25, 0.3) is 0 Å². The van der Waals surface area contributed by atoms with Crippen molar-refractivity contribution in [1.29, 1.82) is 0 Å². The average Bonchev–Trinajstić information content (AvgIpc) is 2.27. The summed E-state index contributed by atoms with van der Waals surface area (Å²) in [6.07, 6.45) is 9.22. The maximum absolute atomic E-state index is 11.0. The summed E-state index contributed by atoms with van der Waals surface area (Å²) in [6.45, 7) is 4.56. The molecule has 3 unspecified atom stereocenters. The molecule has 0 amide bonds. The Morgan fingerprint density at radius 1 is 1.17 bits per heavy atom. The second-order valence-corrected chi connectivity index (χ2v) is 7.92. The van der Waals surface area contributed by atoms with Gasteiger partial charge in [0, 0.05) is 6.61 Å². The molecule has 0 aliphatic heterocycles. The summed E-state index contributed by atoms with van der Waals surface area (Å²) in [5.74, 6) is 1.53. The molecule has 4 fully saturated rings. The molecule has 0 radical (unpaired) electrons. The molecule has 18 heavy (non-hydrogen) atoms. The van der Waals surface area contributed by atoms with Crippen molar-refractivity contribution in [2.75, 3.05) is 6.61 Å². The summed E-state index contributed by atoms with van der Waals surface area (Å²) >= 11 is 0. The first-order valence-electron chi connectivity index (χ1n) is 7.77. The van der Waals surface area contributed by atoms with Crippen molar-refractivity contribution in [3.8, 4) is 0 Å². The maximum Gasteiger partial charge on any atom is 0.0676 e. The molecule has 0 spiro atoms. The molecule has 4 aliphatic rings. The lowest BCUT2D eigenvalue weighted by Crippen LogP contribution is -2.61. The highest BCUT2D eigenvalue weighted by Crippen LogP contribution is 2.68. The van der Waals surface area contributed by atoms with E-state index in [-0.39, 0.29) is 10.8 Å². The number of hydrogen-bond donors (Lipinski definition) is 2. The lowest BCUT2D eigenvalue weighted by atomic mass is 9.41. The van der Waals surface area contributed by atoms with Gasteiger partial charge in [0.05, 0.1) is 5.60 Å². The Bertz CT molecular complexity index is 320. The molecule has 4 bridgehead atoms. The van der Waals surface area contributed by atoms with Gasteiger partial charge in [0.2, 0.25) is 0 Å². The van der Waals surface area contributed by atoms with E-state index in [1.165, 1.54) is 32.1 Å². The molecular formula is C16H28O2. The zero-order valence-electron chi connectivity index (χ0n) is 11.9. The van der Waals surface area contributed by atoms with Gasteiger partial charge in [-0.25, -0.2) is 0 Å². The molecule has 2 heteroatoms. The molecule has 0 aromatic heterocycles. The van der Waals surface area contributed by atoms with Crippen LogP contribution in [0.1, 0.15) is 65.2 Å². The van der Waals surface area contributed by atoms with Crippen molar-refractivity contribution in [3.05, 3.63) is 0 Å². The van der Waals surface area contributed by atoms with E-state index in [0.717, 1.165) is 31.1 Å². The fraction of sp³-hybridized carbons (Fsp3) is 1.00. The number of aliphatic hydroxyl groups excluding tert-OH is 1. The molecular weight excluding hydrogens is 224 g/mol. The Hall–Kier alpha value is -0.0800. The molecule has 0 heterocycles. The van der Waals surface area contributed by atoms with Crippen LogP contribution >= 0.6 is 0 Å². The van der Waals surface area contributed by atoms with Gasteiger partial charge in [-0.3, -0.25) is 0 Å². The highest BCUT2D eigenvalue weighted by molar-refractivity contribution is 5.12. The van der Waals surface area contributed by atoms with Crippen LogP contribution in [-0.4, -0.2) is 22.4 Å². The molecule has 0 aromatic carbocycles. The smallest absolute Gasteiger partial charge is 0.0676 e. The minimum atomic E-state index is -0.528. The quantitative estimate of drug-likeness (QED) is 0.807. The standard InChI is InChI=1S/C16H28O2/c1-3-4-14(2,18)16-8-12-5-13(9-16)7-15(6-12,10-16)11-17/h12-13,17-18H,3-11H2,1-2H3. The molecule has 2 N–H and O–H groups in total. The van der Waals surface area contributed by atoms with Gasteiger partial charge in [0.1, 0.15) is 0 Å². The number of aliphatic hydroxyl groups is 2. The first-order chi connectivity index (χ1) is 8.44. The Labute approximate surface area is 111 Å². The van der Waals surface area contributed by atoms with Gasteiger partial charge in [-0.05, 0) is 74.5 Å². The Balaban J connectivity index is 1.93. The van der Waals surface area contributed by atoms with Crippen LogP contribution in [0.4, 0.5) is 0 Å². The van der Waals surface area contributed by atoms with Gasteiger partial charge >= 0.3 is 0 Å². The normalized spacial score (nSPS) is 49.3. The molecule has 4 aliphatic carbocycles. The molecule has 0 aromatic rings.